The molecule has 3 heteroatoms. The number of fused-ring (bicyclic) bond motifs is 1. The molecule has 19 heavy (non-hydrogen) atoms. The van der Waals surface area contributed by atoms with Crippen molar-refractivity contribution in [3.63, 3.8) is 0 Å². The van der Waals surface area contributed by atoms with E-state index in [2.05, 4.69) is 24.5 Å². The second-order valence-corrected chi connectivity index (χ2v) is 6.38. The topological polar surface area (TPSA) is 41.1 Å². The van der Waals surface area contributed by atoms with Gasteiger partial charge >= 0.3 is 0 Å². The van der Waals surface area contributed by atoms with Crippen molar-refractivity contribution in [2.45, 2.75) is 77.3 Å². The van der Waals surface area contributed by atoms with Crippen molar-refractivity contribution in [1.82, 2.24) is 10.6 Å². The maximum atomic E-state index is 12.2. The fourth-order valence-corrected chi connectivity index (χ4v) is 3.65. The van der Waals surface area contributed by atoms with Gasteiger partial charge in [0.2, 0.25) is 5.91 Å². The van der Waals surface area contributed by atoms with Gasteiger partial charge in [-0.1, -0.05) is 39.5 Å². The largest absolute Gasteiger partial charge is 0.354 e. The minimum absolute atomic E-state index is 0.0636. The van der Waals surface area contributed by atoms with Crippen molar-refractivity contribution in [1.29, 1.82) is 0 Å². The zero-order valence-corrected chi connectivity index (χ0v) is 12.6. The molecule has 1 aliphatic carbocycles. The normalized spacial score (nSPS) is 31.0. The summed E-state index contributed by atoms with van der Waals surface area (Å²) in [5, 5.41) is 6.75. The van der Waals surface area contributed by atoms with Gasteiger partial charge in [0.15, 0.2) is 0 Å². The molecule has 0 radical (unpaired) electrons. The van der Waals surface area contributed by atoms with Gasteiger partial charge < -0.3 is 10.6 Å². The first-order valence-electron chi connectivity index (χ1n) is 8.28. The van der Waals surface area contributed by atoms with Gasteiger partial charge in [-0.15, -0.1) is 0 Å². The van der Waals surface area contributed by atoms with Crippen molar-refractivity contribution in [2.75, 3.05) is 6.54 Å². The Hall–Kier alpha value is -0.570. The summed E-state index contributed by atoms with van der Waals surface area (Å²) >= 11 is 0. The molecule has 1 saturated heterocycles. The minimum atomic E-state index is 0.0636. The fourth-order valence-electron chi connectivity index (χ4n) is 3.65. The zero-order chi connectivity index (χ0) is 13.7. The predicted octanol–water partition coefficient (Wildman–Crippen LogP) is 2.85. The highest BCUT2D eigenvalue weighted by Gasteiger charge is 2.34. The lowest BCUT2D eigenvalue weighted by Crippen LogP contribution is -2.55. The van der Waals surface area contributed by atoms with Crippen LogP contribution in [0.4, 0.5) is 0 Å². The number of piperidine rings is 1. The van der Waals surface area contributed by atoms with E-state index in [1.807, 2.05) is 0 Å². The first-order valence-corrected chi connectivity index (χ1v) is 8.28. The molecule has 2 rings (SSSR count). The van der Waals surface area contributed by atoms with E-state index in [0.29, 0.717) is 12.0 Å². The second-order valence-electron chi connectivity index (χ2n) is 6.38. The van der Waals surface area contributed by atoms with Crippen LogP contribution < -0.4 is 10.6 Å². The van der Waals surface area contributed by atoms with Gasteiger partial charge in [-0.2, -0.15) is 0 Å². The van der Waals surface area contributed by atoms with Gasteiger partial charge in [-0.05, 0) is 37.5 Å². The molecule has 0 spiro atoms. The molecule has 2 N–H and O–H groups in total. The molecule has 0 aromatic heterocycles. The Labute approximate surface area is 117 Å². The summed E-state index contributed by atoms with van der Waals surface area (Å²) < 4.78 is 0. The SMILES string of the molecule is CCC(CC)CNC(=O)C1CCC2CCCCC2N1. The van der Waals surface area contributed by atoms with Gasteiger partial charge in [-0.25, -0.2) is 0 Å². The molecular formula is C16H30N2O. The number of carbonyl (C=O) groups is 1. The van der Waals surface area contributed by atoms with Gasteiger partial charge in [0.05, 0.1) is 6.04 Å². The van der Waals surface area contributed by atoms with Crippen molar-refractivity contribution in [3.05, 3.63) is 0 Å². The van der Waals surface area contributed by atoms with Crippen LogP contribution in [0.1, 0.15) is 65.2 Å². The van der Waals surface area contributed by atoms with E-state index in [0.717, 1.165) is 31.7 Å². The van der Waals surface area contributed by atoms with Gasteiger partial charge in [-0.3, -0.25) is 4.79 Å². The lowest BCUT2D eigenvalue weighted by atomic mass is 9.77. The maximum Gasteiger partial charge on any atom is 0.237 e. The highest BCUT2D eigenvalue weighted by atomic mass is 16.2. The number of nitrogens with one attached hydrogen (secondary N) is 2. The van der Waals surface area contributed by atoms with Crippen LogP contribution in [0.2, 0.25) is 0 Å². The van der Waals surface area contributed by atoms with Crippen LogP contribution in [-0.4, -0.2) is 24.5 Å². The summed E-state index contributed by atoms with van der Waals surface area (Å²) in [6.07, 6.45) is 9.90. The van der Waals surface area contributed by atoms with Gasteiger partial charge in [0.1, 0.15) is 0 Å². The molecule has 3 nitrogen and oxygen atoms in total. The van der Waals surface area contributed by atoms with E-state index in [9.17, 15) is 4.79 Å². The van der Waals surface area contributed by atoms with Crippen molar-refractivity contribution in [3.8, 4) is 0 Å². The highest BCUT2D eigenvalue weighted by Crippen LogP contribution is 2.32. The summed E-state index contributed by atoms with van der Waals surface area (Å²) in [4.78, 5) is 12.2. The summed E-state index contributed by atoms with van der Waals surface area (Å²) in [6.45, 7) is 5.25. The molecule has 1 aliphatic heterocycles. The van der Waals surface area contributed by atoms with E-state index in [1.54, 1.807) is 0 Å². The van der Waals surface area contributed by atoms with E-state index in [1.165, 1.54) is 32.1 Å². The average molecular weight is 266 g/mol. The molecule has 3 unspecified atom stereocenters. The summed E-state index contributed by atoms with van der Waals surface area (Å²) in [7, 11) is 0. The van der Waals surface area contributed by atoms with Crippen LogP contribution in [0.25, 0.3) is 0 Å². The molecule has 0 aromatic rings. The lowest BCUT2D eigenvalue weighted by molar-refractivity contribution is -0.124. The molecule has 2 fully saturated rings. The number of rotatable bonds is 5. The molecule has 3 atom stereocenters. The molecule has 1 amide bonds. The Morgan fingerprint density at radius 3 is 2.63 bits per heavy atom. The number of carbonyl (C=O) groups excluding carboxylic acids is 1. The van der Waals surface area contributed by atoms with Crippen molar-refractivity contribution >= 4 is 5.91 Å². The molecular weight excluding hydrogens is 236 g/mol. The van der Waals surface area contributed by atoms with Gasteiger partial charge in [0, 0.05) is 12.6 Å². The third-order valence-electron chi connectivity index (χ3n) is 5.19. The first kappa shape index (κ1) is 14.8. The molecule has 1 saturated carbocycles. The Balaban J connectivity index is 1.77. The van der Waals surface area contributed by atoms with Crippen LogP contribution in [0.15, 0.2) is 0 Å². The molecule has 110 valence electrons. The number of hydrogen-bond acceptors (Lipinski definition) is 2. The molecule has 1 heterocycles. The van der Waals surface area contributed by atoms with Crippen LogP contribution in [-0.2, 0) is 4.79 Å². The average Bonchev–Trinajstić information content (AvgIpc) is 2.47. The van der Waals surface area contributed by atoms with Crippen LogP contribution in [0, 0.1) is 11.8 Å². The van der Waals surface area contributed by atoms with Crippen molar-refractivity contribution in [2.24, 2.45) is 11.8 Å². The van der Waals surface area contributed by atoms with Crippen LogP contribution in [0.3, 0.4) is 0 Å². The standard InChI is InChI=1S/C16H30N2O/c1-3-12(4-2)11-17-16(19)15-10-9-13-7-5-6-8-14(13)18-15/h12-15,18H,3-11H2,1-2H3,(H,17,19). The van der Waals surface area contributed by atoms with Crippen molar-refractivity contribution < 1.29 is 4.79 Å². The zero-order valence-electron chi connectivity index (χ0n) is 12.6. The smallest absolute Gasteiger partial charge is 0.237 e. The van der Waals surface area contributed by atoms with Gasteiger partial charge in [0.25, 0.3) is 0 Å². The first-order chi connectivity index (χ1) is 9.24. The number of amides is 1. The third kappa shape index (κ3) is 3.95. The lowest BCUT2D eigenvalue weighted by Gasteiger charge is -2.40. The van der Waals surface area contributed by atoms with E-state index >= 15 is 0 Å². The molecule has 0 aromatic carbocycles. The summed E-state index contributed by atoms with van der Waals surface area (Å²) in [6, 6.07) is 0.667. The third-order valence-corrected chi connectivity index (χ3v) is 5.19. The monoisotopic (exact) mass is 266 g/mol. The fraction of sp³-hybridized carbons (Fsp3) is 0.938. The van der Waals surface area contributed by atoms with Crippen LogP contribution >= 0.6 is 0 Å². The van der Waals surface area contributed by atoms with E-state index < -0.39 is 0 Å². The highest BCUT2D eigenvalue weighted by molar-refractivity contribution is 5.81. The summed E-state index contributed by atoms with van der Waals surface area (Å²) in [5.41, 5.74) is 0. The molecule has 2 aliphatic rings. The van der Waals surface area contributed by atoms with E-state index in [4.69, 9.17) is 0 Å². The number of hydrogen-bond donors (Lipinski definition) is 2. The Kier molecular flexibility index (Phi) is 5.68. The Morgan fingerprint density at radius 1 is 1.16 bits per heavy atom. The second kappa shape index (κ2) is 7.28. The summed E-state index contributed by atoms with van der Waals surface area (Å²) in [5.74, 6) is 1.70. The minimum Gasteiger partial charge on any atom is -0.354 e. The maximum absolute atomic E-state index is 12.2. The Morgan fingerprint density at radius 2 is 1.89 bits per heavy atom. The van der Waals surface area contributed by atoms with Crippen LogP contribution in [0.5, 0.6) is 0 Å². The quantitative estimate of drug-likeness (QED) is 0.803. The predicted molar refractivity (Wildman–Crippen MR) is 79.0 cm³/mol. The molecule has 0 bridgehead atoms. The van der Waals surface area contributed by atoms with E-state index in [-0.39, 0.29) is 11.9 Å². The Bertz CT molecular complexity index is 288.